The monoisotopic (exact) mass is 633 g/mol. The number of ether oxygens (including phenoxy) is 1. The van der Waals surface area contributed by atoms with Gasteiger partial charge in [0.15, 0.2) is 0 Å². The highest BCUT2D eigenvalue weighted by atomic mass is 35.5. The zero-order valence-electron chi connectivity index (χ0n) is 24.2. The van der Waals surface area contributed by atoms with Crippen molar-refractivity contribution in [2.24, 2.45) is 0 Å². The van der Waals surface area contributed by atoms with Crippen molar-refractivity contribution in [3.63, 3.8) is 0 Å². The van der Waals surface area contributed by atoms with Gasteiger partial charge in [0.1, 0.15) is 18.3 Å². The van der Waals surface area contributed by atoms with Crippen molar-refractivity contribution in [3.8, 4) is 5.75 Å². The maximum absolute atomic E-state index is 14.3. The van der Waals surface area contributed by atoms with Gasteiger partial charge >= 0.3 is 0 Å². The molecule has 42 heavy (non-hydrogen) atoms. The minimum Gasteiger partial charge on any atom is -0.492 e. The van der Waals surface area contributed by atoms with Gasteiger partial charge in [-0.3, -0.25) is 13.9 Å². The SMILES string of the molecule is CCOc1ccccc1N(CC(=O)N(Cc1c(Cl)cccc1Cl)[C@H](CC)C(=O)N[C@H](C)CC)S(=O)(=O)c1ccccc1. The Balaban J connectivity index is 2.14. The lowest BCUT2D eigenvalue weighted by molar-refractivity contribution is -0.140. The van der Waals surface area contributed by atoms with Crippen LogP contribution in [0.25, 0.3) is 0 Å². The molecule has 226 valence electrons. The van der Waals surface area contributed by atoms with Crippen LogP contribution < -0.4 is 14.4 Å². The number of hydrogen-bond acceptors (Lipinski definition) is 5. The van der Waals surface area contributed by atoms with E-state index in [1.807, 2.05) is 13.8 Å². The summed E-state index contributed by atoms with van der Waals surface area (Å²) in [4.78, 5) is 29.1. The van der Waals surface area contributed by atoms with Crippen LogP contribution in [0, 0.1) is 0 Å². The number of benzene rings is 3. The standard InChI is InChI=1S/C31H37Cl2N3O5S/c1-5-22(4)34-31(38)27(6-2)35(20-24-25(32)16-13-17-26(24)33)30(37)21-36(28-18-11-12-19-29(28)41-7-3)42(39,40)23-14-9-8-10-15-23/h8-19,22,27H,5-7,20-21H2,1-4H3,(H,34,38)/t22-,27-/m1/s1. The average molecular weight is 635 g/mol. The van der Waals surface area contributed by atoms with Crippen molar-refractivity contribution in [3.05, 3.63) is 88.4 Å². The molecule has 3 aromatic carbocycles. The van der Waals surface area contributed by atoms with E-state index in [1.54, 1.807) is 74.5 Å². The normalized spacial score (nSPS) is 12.7. The number of para-hydroxylation sites is 2. The van der Waals surface area contributed by atoms with Gasteiger partial charge in [-0.25, -0.2) is 8.42 Å². The minimum atomic E-state index is -4.24. The van der Waals surface area contributed by atoms with Gasteiger partial charge < -0.3 is 15.0 Å². The maximum Gasteiger partial charge on any atom is 0.264 e. The molecule has 0 bridgehead atoms. The molecular formula is C31H37Cl2N3O5S. The van der Waals surface area contributed by atoms with Crippen LogP contribution >= 0.6 is 23.2 Å². The molecule has 2 atom stereocenters. The van der Waals surface area contributed by atoms with Gasteiger partial charge in [-0.15, -0.1) is 0 Å². The summed E-state index contributed by atoms with van der Waals surface area (Å²) in [5.74, 6) is -0.659. The van der Waals surface area contributed by atoms with Crippen molar-refractivity contribution in [1.82, 2.24) is 10.2 Å². The topological polar surface area (TPSA) is 96.0 Å². The fourth-order valence-corrected chi connectivity index (χ4v) is 6.35. The summed E-state index contributed by atoms with van der Waals surface area (Å²) in [6, 6.07) is 18.4. The van der Waals surface area contributed by atoms with Gasteiger partial charge in [0.05, 0.1) is 17.2 Å². The lowest BCUT2D eigenvalue weighted by atomic mass is 10.1. The Morgan fingerprint density at radius 2 is 1.50 bits per heavy atom. The average Bonchev–Trinajstić information content (AvgIpc) is 2.98. The molecule has 0 radical (unpaired) electrons. The number of carbonyl (C=O) groups is 2. The van der Waals surface area contributed by atoms with Crippen LogP contribution in [0.15, 0.2) is 77.7 Å². The lowest BCUT2D eigenvalue weighted by Crippen LogP contribution is -2.53. The highest BCUT2D eigenvalue weighted by Crippen LogP contribution is 2.33. The van der Waals surface area contributed by atoms with Gasteiger partial charge in [0.25, 0.3) is 10.0 Å². The van der Waals surface area contributed by atoms with Gasteiger partial charge in [-0.2, -0.15) is 0 Å². The van der Waals surface area contributed by atoms with E-state index >= 15 is 0 Å². The van der Waals surface area contributed by atoms with E-state index in [1.165, 1.54) is 17.0 Å². The number of amides is 2. The zero-order chi connectivity index (χ0) is 30.9. The van der Waals surface area contributed by atoms with Gasteiger partial charge in [0, 0.05) is 28.2 Å². The van der Waals surface area contributed by atoms with Gasteiger partial charge in [0.2, 0.25) is 11.8 Å². The van der Waals surface area contributed by atoms with Crippen LogP contribution in [0.4, 0.5) is 5.69 Å². The predicted octanol–water partition coefficient (Wildman–Crippen LogP) is 6.31. The Morgan fingerprint density at radius 3 is 2.10 bits per heavy atom. The molecular weight excluding hydrogens is 597 g/mol. The van der Waals surface area contributed by atoms with Crippen LogP contribution in [0.1, 0.15) is 46.1 Å². The molecule has 0 saturated heterocycles. The van der Waals surface area contributed by atoms with E-state index < -0.39 is 28.5 Å². The van der Waals surface area contributed by atoms with Crippen molar-refractivity contribution in [2.45, 2.75) is 64.1 Å². The number of anilines is 1. The summed E-state index contributed by atoms with van der Waals surface area (Å²) in [6.07, 6.45) is 0.973. The van der Waals surface area contributed by atoms with E-state index in [-0.39, 0.29) is 42.1 Å². The molecule has 0 heterocycles. The number of carbonyl (C=O) groups excluding carboxylic acids is 2. The van der Waals surface area contributed by atoms with Gasteiger partial charge in [-0.1, -0.05) is 73.4 Å². The second-order valence-corrected chi connectivity index (χ2v) is 12.4. The summed E-state index contributed by atoms with van der Waals surface area (Å²) in [5.41, 5.74) is 0.653. The molecule has 0 aliphatic heterocycles. The van der Waals surface area contributed by atoms with Crippen molar-refractivity contribution < 1.29 is 22.7 Å². The van der Waals surface area contributed by atoms with Crippen LogP contribution in [0.2, 0.25) is 10.0 Å². The summed E-state index contributed by atoms with van der Waals surface area (Å²) in [6.45, 7) is 6.98. The van der Waals surface area contributed by atoms with E-state index in [4.69, 9.17) is 27.9 Å². The number of halogens is 2. The quantitative estimate of drug-likeness (QED) is 0.224. The highest BCUT2D eigenvalue weighted by molar-refractivity contribution is 7.92. The van der Waals surface area contributed by atoms with Crippen LogP contribution in [0.3, 0.4) is 0 Å². The highest BCUT2D eigenvalue weighted by Gasteiger charge is 2.35. The van der Waals surface area contributed by atoms with Crippen LogP contribution in [-0.2, 0) is 26.2 Å². The number of sulfonamides is 1. The maximum atomic E-state index is 14.3. The summed E-state index contributed by atoms with van der Waals surface area (Å²) < 4.78 is 34.9. The number of nitrogens with zero attached hydrogens (tertiary/aromatic N) is 2. The summed E-state index contributed by atoms with van der Waals surface area (Å²) in [7, 11) is -4.24. The smallest absolute Gasteiger partial charge is 0.264 e. The largest absolute Gasteiger partial charge is 0.492 e. The van der Waals surface area contributed by atoms with E-state index in [9.17, 15) is 18.0 Å². The Morgan fingerprint density at radius 1 is 0.881 bits per heavy atom. The zero-order valence-corrected chi connectivity index (χ0v) is 26.5. The van der Waals surface area contributed by atoms with Crippen LogP contribution in [-0.4, -0.2) is 50.4 Å². The molecule has 3 rings (SSSR count). The fraction of sp³-hybridized carbons (Fsp3) is 0.355. The molecule has 1 N–H and O–H groups in total. The molecule has 0 saturated carbocycles. The fourth-order valence-electron chi connectivity index (χ4n) is 4.39. The molecule has 0 aliphatic carbocycles. The first-order valence-electron chi connectivity index (χ1n) is 13.9. The Bertz CT molecular complexity index is 1450. The number of nitrogens with one attached hydrogen (secondary N) is 1. The number of hydrogen-bond donors (Lipinski definition) is 1. The second-order valence-electron chi connectivity index (χ2n) is 9.69. The molecule has 3 aromatic rings. The predicted molar refractivity (Wildman–Crippen MR) is 168 cm³/mol. The Labute approximate surface area is 258 Å². The summed E-state index contributed by atoms with van der Waals surface area (Å²) >= 11 is 13.0. The van der Waals surface area contributed by atoms with E-state index in [0.29, 0.717) is 27.8 Å². The molecule has 2 amide bonds. The first kappa shape index (κ1) is 33.2. The number of rotatable bonds is 14. The molecule has 0 spiro atoms. The van der Waals surface area contributed by atoms with E-state index in [0.717, 1.165) is 4.31 Å². The third kappa shape index (κ3) is 7.96. The first-order chi connectivity index (χ1) is 20.0. The van der Waals surface area contributed by atoms with Crippen molar-refractivity contribution >= 4 is 50.7 Å². The Hall–Kier alpha value is -3.27. The molecule has 0 aromatic heterocycles. The third-order valence-corrected chi connectivity index (χ3v) is 9.30. The van der Waals surface area contributed by atoms with Crippen molar-refractivity contribution in [2.75, 3.05) is 17.5 Å². The molecule has 11 heteroatoms. The molecule has 8 nitrogen and oxygen atoms in total. The third-order valence-electron chi connectivity index (χ3n) is 6.82. The summed E-state index contributed by atoms with van der Waals surface area (Å²) in [5, 5.41) is 3.60. The Kier molecular flexibility index (Phi) is 12.1. The minimum absolute atomic E-state index is 0.00588. The van der Waals surface area contributed by atoms with Crippen LogP contribution in [0.5, 0.6) is 5.75 Å². The second kappa shape index (κ2) is 15.3. The first-order valence-corrected chi connectivity index (χ1v) is 16.1. The molecule has 0 fully saturated rings. The van der Waals surface area contributed by atoms with Gasteiger partial charge in [-0.05, 0) is 63.1 Å². The van der Waals surface area contributed by atoms with E-state index in [2.05, 4.69) is 5.32 Å². The molecule has 0 aliphatic rings. The van der Waals surface area contributed by atoms with Crippen molar-refractivity contribution in [1.29, 1.82) is 0 Å². The lowest BCUT2D eigenvalue weighted by Gasteiger charge is -2.34. The molecule has 0 unspecified atom stereocenters.